The molecule has 37 heavy (non-hydrogen) atoms. The molecule has 1 aromatic carbocycles. The van der Waals surface area contributed by atoms with E-state index in [9.17, 15) is 22.4 Å². The number of rotatable bonds is 4. The van der Waals surface area contributed by atoms with Gasteiger partial charge >= 0.3 is 6.18 Å². The minimum absolute atomic E-state index is 0.0221. The van der Waals surface area contributed by atoms with E-state index >= 15 is 0 Å². The first-order valence-corrected chi connectivity index (χ1v) is 11.7. The predicted octanol–water partition coefficient (Wildman–Crippen LogP) is 6.03. The molecule has 1 unspecified atom stereocenters. The van der Waals surface area contributed by atoms with Crippen LogP contribution in [0.2, 0.25) is 15.1 Å². The molecule has 0 bridgehead atoms. The van der Waals surface area contributed by atoms with Crippen molar-refractivity contribution in [2.45, 2.75) is 31.3 Å². The number of imidazole rings is 1. The van der Waals surface area contributed by atoms with E-state index in [1.165, 1.54) is 18.3 Å². The summed E-state index contributed by atoms with van der Waals surface area (Å²) in [5.74, 6) is -0.634. The molecule has 1 fully saturated rings. The summed E-state index contributed by atoms with van der Waals surface area (Å²) in [7, 11) is 0. The number of nitrogens with zero attached hydrogens (tertiary/aromatic N) is 4. The quantitative estimate of drug-likeness (QED) is 0.298. The van der Waals surface area contributed by atoms with Crippen molar-refractivity contribution >= 4 is 46.4 Å². The van der Waals surface area contributed by atoms with Crippen LogP contribution in [-0.2, 0) is 11.0 Å². The highest BCUT2D eigenvalue weighted by Crippen LogP contribution is 2.38. The summed E-state index contributed by atoms with van der Waals surface area (Å²) in [6.07, 6.45) is -3.34. The molecule has 0 spiro atoms. The SMILES string of the molecule is CC1(F)C[C@H](Oc2cc(Cl)c(-c3noc(-c4cn5cc(C(F)(F)F)cc(Cl)c5n4)n3)cc2Cl)CNC1=O. The summed E-state index contributed by atoms with van der Waals surface area (Å²) in [5, 5.41) is 6.32. The fourth-order valence-corrected chi connectivity index (χ4v) is 4.49. The smallest absolute Gasteiger partial charge is 0.417 e. The van der Waals surface area contributed by atoms with Crippen LogP contribution in [0.1, 0.15) is 18.9 Å². The highest BCUT2D eigenvalue weighted by atomic mass is 35.5. The third kappa shape index (κ3) is 4.92. The van der Waals surface area contributed by atoms with Gasteiger partial charge in [0.1, 0.15) is 17.5 Å². The zero-order chi connectivity index (χ0) is 26.7. The van der Waals surface area contributed by atoms with Gasteiger partial charge in [0, 0.05) is 30.4 Å². The molecule has 3 aromatic heterocycles. The summed E-state index contributed by atoms with van der Waals surface area (Å²) >= 11 is 18.7. The van der Waals surface area contributed by atoms with E-state index in [2.05, 4.69) is 20.4 Å². The normalized spacial score (nSPS) is 20.3. The van der Waals surface area contributed by atoms with Gasteiger partial charge in [-0.15, -0.1) is 0 Å². The number of benzene rings is 1. The minimum Gasteiger partial charge on any atom is -0.487 e. The number of nitrogens with one attached hydrogen (secondary N) is 1. The van der Waals surface area contributed by atoms with Gasteiger partial charge in [0.15, 0.2) is 11.3 Å². The monoisotopic (exact) mass is 577 g/mol. The first-order valence-electron chi connectivity index (χ1n) is 10.5. The van der Waals surface area contributed by atoms with Crippen LogP contribution in [0.15, 0.2) is 35.1 Å². The van der Waals surface area contributed by atoms with Crippen LogP contribution in [0.25, 0.3) is 28.6 Å². The Morgan fingerprint density at radius 3 is 2.59 bits per heavy atom. The molecule has 0 saturated carbocycles. The highest BCUT2D eigenvalue weighted by Gasteiger charge is 2.41. The van der Waals surface area contributed by atoms with Crippen molar-refractivity contribution in [2.24, 2.45) is 0 Å². The molecular formula is C22H14Cl3F4N5O3. The maximum atomic E-state index is 14.3. The number of fused-ring (bicyclic) bond motifs is 1. The van der Waals surface area contributed by atoms with Crippen molar-refractivity contribution < 1.29 is 31.6 Å². The summed E-state index contributed by atoms with van der Waals surface area (Å²) < 4.78 is 65.7. The largest absolute Gasteiger partial charge is 0.487 e. The van der Waals surface area contributed by atoms with Crippen molar-refractivity contribution in [3.8, 4) is 28.7 Å². The van der Waals surface area contributed by atoms with Crippen molar-refractivity contribution in [1.29, 1.82) is 0 Å². The van der Waals surface area contributed by atoms with E-state index in [1.807, 2.05) is 0 Å². The summed E-state index contributed by atoms with van der Waals surface area (Å²) in [5.41, 5.74) is -2.62. The van der Waals surface area contributed by atoms with Gasteiger partial charge < -0.3 is 19.0 Å². The number of hydrogen-bond acceptors (Lipinski definition) is 6. The number of amides is 1. The molecule has 8 nitrogen and oxygen atoms in total. The molecule has 1 aliphatic rings. The van der Waals surface area contributed by atoms with Gasteiger partial charge in [-0.3, -0.25) is 4.79 Å². The zero-order valence-corrected chi connectivity index (χ0v) is 20.8. The number of piperidine rings is 1. The van der Waals surface area contributed by atoms with Gasteiger partial charge in [-0.2, -0.15) is 18.2 Å². The van der Waals surface area contributed by atoms with Gasteiger partial charge in [0.25, 0.3) is 11.8 Å². The molecule has 4 aromatic rings. The number of carbonyl (C=O) groups excluding carboxylic acids is 1. The fraction of sp³-hybridized carbons (Fsp3) is 0.273. The fourth-order valence-electron chi connectivity index (χ4n) is 3.79. The molecule has 0 radical (unpaired) electrons. The number of carbonyl (C=O) groups is 1. The van der Waals surface area contributed by atoms with E-state index in [0.717, 1.165) is 23.6 Å². The molecular weight excluding hydrogens is 565 g/mol. The van der Waals surface area contributed by atoms with Crippen molar-refractivity contribution in [1.82, 2.24) is 24.8 Å². The lowest BCUT2D eigenvalue weighted by Gasteiger charge is -2.32. The molecule has 1 amide bonds. The van der Waals surface area contributed by atoms with Crippen LogP contribution in [0.5, 0.6) is 5.75 Å². The van der Waals surface area contributed by atoms with E-state index in [1.54, 1.807) is 0 Å². The van der Waals surface area contributed by atoms with Gasteiger partial charge in [-0.1, -0.05) is 40.0 Å². The lowest BCUT2D eigenvalue weighted by Crippen LogP contribution is -2.53. The topological polar surface area (TPSA) is 94.6 Å². The van der Waals surface area contributed by atoms with Crippen molar-refractivity contribution in [3.63, 3.8) is 0 Å². The Bertz CT molecular complexity index is 1540. The maximum absolute atomic E-state index is 14.3. The Labute approximate surface area is 220 Å². The molecule has 194 valence electrons. The molecule has 5 rings (SSSR count). The second-order valence-corrected chi connectivity index (χ2v) is 9.69. The molecule has 1 saturated heterocycles. The van der Waals surface area contributed by atoms with Gasteiger partial charge in [0.05, 0.1) is 27.2 Å². The van der Waals surface area contributed by atoms with Crippen LogP contribution in [0, 0.1) is 0 Å². The Morgan fingerprint density at radius 1 is 1.14 bits per heavy atom. The lowest BCUT2D eigenvalue weighted by atomic mass is 9.95. The average molecular weight is 579 g/mol. The van der Waals surface area contributed by atoms with Crippen LogP contribution in [-0.4, -0.2) is 43.7 Å². The first-order chi connectivity index (χ1) is 17.3. The van der Waals surface area contributed by atoms with Crippen molar-refractivity contribution in [2.75, 3.05) is 6.54 Å². The van der Waals surface area contributed by atoms with Crippen LogP contribution >= 0.6 is 34.8 Å². The Kier molecular flexibility index (Phi) is 6.24. The van der Waals surface area contributed by atoms with E-state index < -0.39 is 29.4 Å². The predicted molar refractivity (Wildman–Crippen MR) is 126 cm³/mol. The lowest BCUT2D eigenvalue weighted by molar-refractivity contribution is -0.138. The molecule has 15 heteroatoms. The average Bonchev–Trinajstić information content (AvgIpc) is 3.45. The zero-order valence-electron chi connectivity index (χ0n) is 18.5. The molecule has 4 heterocycles. The third-order valence-corrected chi connectivity index (χ3v) is 6.50. The summed E-state index contributed by atoms with van der Waals surface area (Å²) in [6.45, 7) is 1.26. The number of halogens is 7. The molecule has 0 aliphatic carbocycles. The number of hydrogen-bond donors (Lipinski definition) is 1. The third-order valence-electron chi connectivity index (χ3n) is 5.61. The number of pyridine rings is 1. The van der Waals surface area contributed by atoms with E-state index in [0.29, 0.717) is 0 Å². The van der Waals surface area contributed by atoms with Gasteiger partial charge in [0.2, 0.25) is 5.82 Å². The minimum atomic E-state index is -4.59. The maximum Gasteiger partial charge on any atom is 0.417 e. The Morgan fingerprint density at radius 2 is 1.89 bits per heavy atom. The first kappa shape index (κ1) is 25.6. The number of aromatic nitrogens is 4. The Balaban J connectivity index is 1.41. The van der Waals surface area contributed by atoms with Gasteiger partial charge in [-0.25, -0.2) is 9.37 Å². The highest BCUT2D eigenvalue weighted by molar-refractivity contribution is 6.36. The van der Waals surface area contributed by atoms with Crippen LogP contribution in [0.4, 0.5) is 17.6 Å². The van der Waals surface area contributed by atoms with Crippen LogP contribution in [0.3, 0.4) is 0 Å². The Hall–Kier alpha value is -3.09. The van der Waals surface area contributed by atoms with Crippen molar-refractivity contribution in [3.05, 3.63) is 51.2 Å². The number of ether oxygens (including phenoxy) is 1. The second kappa shape index (κ2) is 9.03. The van der Waals surface area contributed by atoms with E-state index in [-0.39, 0.29) is 62.4 Å². The summed E-state index contributed by atoms with van der Waals surface area (Å²) in [6, 6.07) is 3.58. The molecule has 1 N–H and O–H groups in total. The molecule has 2 atom stereocenters. The second-order valence-electron chi connectivity index (χ2n) is 8.47. The standard InChI is InChI=1S/C22H14Cl3F4N5O3/c1-21(26)5-10(6-30-20(21)35)36-16-4-12(23)11(3-13(16)24)17-32-19(37-33-17)15-8-34-7-9(22(27,28)29)2-14(25)18(34)31-15/h2-4,7-8,10H,5-6H2,1H3,(H,30,35)/t10-,21?/m0/s1. The number of alkyl halides is 4. The molecule has 1 aliphatic heterocycles. The summed E-state index contributed by atoms with van der Waals surface area (Å²) in [4.78, 5) is 20.0. The van der Waals surface area contributed by atoms with Crippen LogP contribution < -0.4 is 10.1 Å². The van der Waals surface area contributed by atoms with Gasteiger partial charge in [-0.05, 0) is 19.1 Å². The van der Waals surface area contributed by atoms with E-state index in [4.69, 9.17) is 44.1 Å².